The molecule has 2 heterocycles. The number of nitrogens with one attached hydrogen (secondary N) is 1. The van der Waals surface area contributed by atoms with Crippen LogP contribution in [0.15, 0.2) is 42.6 Å². The van der Waals surface area contributed by atoms with Crippen molar-refractivity contribution >= 4 is 28.9 Å². The smallest absolute Gasteiger partial charge is 0.227 e. The van der Waals surface area contributed by atoms with Gasteiger partial charge in [0, 0.05) is 47.7 Å². The average molecular weight is 444 g/mol. The lowest BCUT2D eigenvalue weighted by molar-refractivity contribution is -0.121. The molecule has 1 saturated carbocycles. The fourth-order valence-corrected chi connectivity index (χ4v) is 4.60. The molecule has 2 aliphatic rings. The van der Waals surface area contributed by atoms with Crippen molar-refractivity contribution in [2.24, 2.45) is 5.92 Å². The van der Waals surface area contributed by atoms with E-state index in [4.69, 9.17) is 21.1 Å². The van der Waals surface area contributed by atoms with Gasteiger partial charge in [0.05, 0.1) is 12.2 Å². The molecule has 1 aromatic heterocycles. The number of anilines is 2. The summed E-state index contributed by atoms with van der Waals surface area (Å²) in [6.07, 6.45) is 5.43. The van der Waals surface area contributed by atoms with Gasteiger partial charge in [0.15, 0.2) is 0 Å². The van der Waals surface area contributed by atoms with Gasteiger partial charge in [0.25, 0.3) is 0 Å². The zero-order chi connectivity index (χ0) is 21.8. The van der Waals surface area contributed by atoms with Crippen LogP contribution in [0.4, 0.5) is 11.4 Å². The second kappa shape index (κ2) is 9.88. The fourth-order valence-electron chi connectivity index (χ4n) is 4.45. The SMILES string of the molecule is C[C@@H]1CN(c2ccc(NC(=O)[C@H]3CC[C@@H](Oc4cc(Cl)ccn4)CC3)cc2)C[C@H](C)O1. The number of halogens is 1. The first-order valence-corrected chi connectivity index (χ1v) is 11.4. The number of morpholine rings is 1. The molecule has 0 unspecified atom stereocenters. The third-order valence-corrected chi connectivity index (χ3v) is 6.18. The molecule has 166 valence electrons. The Morgan fingerprint density at radius 3 is 2.42 bits per heavy atom. The first kappa shape index (κ1) is 21.9. The highest BCUT2D eigenvalue weighted by Crippen LogP contribution is 2.29. The van der Waals surface area contributed by atoms with Gasteiger partial charge in [-0.25, -0.2) is 4.98 Å². The van der Waals surface area contributed by atoms with E-state index < -0.39 is 0 Å². The lowest BCUT2D eigenvalue weighted by Crippen LogP contribution is -2.45. The quantitative estimate of drug-likeness (QED) is 0.710. The summed E-state index contributed by atoms with van der Waals surface area (Å²) < 4.78 is 11.7. The van der Waals surface area contributed by atoms with E-state index in [0.717, 1.165) is 50.1 Å². The number of carbonyl (C=O) groups is 1. The van der Waals surface area contributed by atoms with Gasteiger partial charge in [-0.2, -0.15) is 0 Å². The summed E-state index contributed by atoms with van der Waals surface area (Å²) in [4.78, 5) is 19.3. The van der Waals surface area contributed by atoms with Crippen LogP contribution in [0.25, 0.3) is 0 Å². The number of carbonyl (C=O) groups excluding carboxylic acids is 1. The predicted molar refractivity (Wildman–Crippen MR) is 123 cm³/mol. The standard InChI is InChI=1S/C24H30ClN3O3/c1-16-14-28(15-17(2)30-16)21-7-5-20(6-8-21)27-24(29)18-3-9-22(10-4-18)31-23-13-19(25)11-12-26-23/h5-8,11-13,16-18,22H,3-4,9-10,14-15H2,1-2H3,(H,27,29)/t16-,17+,18-,22+. The van der Waals surface area contributed by atoms with Crippen molar-refractivity contribution in [1.82, 2.24) is 4.98 Å². The molecule has 1 aliphatic heterocycles. The predicted octanol–water partition coefficient (Wildman–Crippen LogP) is 4.92. The number of rotatable bonds is 5. The number of benzene rings is 1. The van der Waals surface area contributed by atoms with Gasteiger partial charge >= 0.3 is 0 Å². The van der Waals surface area contributed by atoms with E-state index >= 15 is 0 Å². The Labute approximate surface area is 188 Å². The Morgan fingerprint density at radius 2 is 1.77 bits per heavy atom. The van der Waals surface area contributed by atoms with Crippen LogP contribution in [-0.4, -0.2) is 42.3 Å². The lowest BCUT2D eigenvalue weighted by atomic mass is 9.86. The normalized spacial score (nSPS) is 26.4. The second-order valence-electron chi connectivity index (χ2n) is 8.60. The van der Waals surface area contributed by atoms with Crippen molar-refractivity contribution in [3.05, 3.63) is 47.6 Å². The molecule has 31 heavy (non-hydrogen) atoms. The van der Waals surface area contributed by atoms with Gasteiger partial charge in [-0.1, -0.05) is 11.6 Å². The molecule has 4 rings (SSSR count). The van der Waals surface area contributed by atoms with Crippen LogP contribution >= 0.6 is 11.6 Å². The number of pyridine rings is 1. The minimum atomic E-state index is 0.00721. The summed E-state index contributed by atoms with van der Waals surface area (Å²) in [5, 5.41) is 3.69. The zero-order valence-electron chi connectivity index (χ0n) is 18.1. The summed E-state index contributed by atoms with van der Waals surface area (Å²) in [6, 6.07) is 11.6. The molecular weight excluding hydrogens is 414 g/mol. The van der Waals surface area contributed by atoms with Gasteiger partial charge in [0.1, 0.15) is 6.10 Å². The summed E-state index contributed by atoms with van der Waals surface area (Å²) in [6.45, 7) is 5.96. The third-order valence-electron chi connectivity index (χ3n) is 5.95. The Bertz CT molecular complexity index is 874. The molecule has 2 aromatic rings. The molecule has 1 aliphatic carbocycles. The van der Waals surface area contributed by atoms with Crippen molar-refractivity contribution in [2.45, 2.75) is 57.8 Å². The van der Waals surface area contributed by atoms with Crippen LogP contribution < -0.4 is 15.0 Å². The highest BCUT2D eigenvalue weighted by Gasteiger charge is 2.28. The van der Waals surface area contributed by atoms with Crippen molar-refractivity contribution in [2.75, 3.05) is 23.3 Å². The van der Waals surface area contributed by atoms with Crippen LogP contribution in [0, 0.1) is 5.92 Å². The van der Waals surface area contributed by atoms with E-state index in [2.05, 4.69) is 41.2 Å². The molecule has 2 atom stereocenters. The average Bonchev–Trinajstić information content (AvgIpc) is 2.74. The van der Waals surface area contributed by atoms with E-state index in [-0.39, 0.29) is 30.1 Å². The van der Waals surface area contributed by atoms with Gasteiger partial charge in [-0.15, -0.1) is 0 Å². The van der Waals surface area contributed by atoms with E-state index in [0.29, 0.717) is 10.9 Å². The van der Waals surface area contributed by atoms with Crippen molar-refractivity contribution in [1.29, 1.82) is 0 Å². The van der Waals surface area contributed by atoms with Crippen molar-refractivity contribution < 1.29 is 14.3 Å². The summed E-state index contributed by atoms with van der Waals surface area (Å²) >= 11 is 5.99. The maximum Gasteiger partial charge on any atom is 0.227 e. The minimum absolute atomic E-state index is 0.00721. The number of amides is 1. The van der Waals surface area contributed by atoms with Gasteiger partial charge in [-0.3, -0.25) is 4.79 Å². The largest absolute Gasteiger partial charge is 0.474 e. The summed E-state index contributed by atoms with van der Waals surface area (Å²) in [5.74, 6) is 0.637. The molecule has 6 nitrogen and oxygen atoms in total. The van der Waals surface area contributed by atoms with Gasteiger partial charge in [0.2, 0.25) is 11.8 Å². The molecule has 1 saturated heterocycles. The van der Waals surface area contributed by atoms with Gasteiger partial charge < -0.3 is 19.7 Å². The van der Waals surface area contributed by atoms with E-state index in [1.54, 1.807) is 18.3 Å². The zero-order valence-corrected chi connectivity index (χ0v) is 18.8. The molecule has 1 aromatic carbocycles. The fraction of sp³-hybridized carbons (Fsp3) is 0.500. The summed E-state index contributed by atoms with van der Waals surface area (Å²) in [5.41, 5.74) is 2.00. The van der Waals surface area contributed by atoms with Gasteiger partial charge in [-0.05, 0) is 69.9 Å². The summed E-state index contributed by atoms with van der Waals surface area (Å²) in [7, 11) is 0. The van der Waals surface area contributed by atoms with Crippen LogP contribution in [-0.2, 0) is 9.53 Å². The molecule has 0 spiro atoms. The number of aromatic nitrogens is 1. The number of nitrogens with zero attached hydrogens (tertiary/aromatic N) is 2. The molecule has 0 bridgehead atoms. The highest BCUT2D eigenvalue weighted by atomic mass is 35.5. The molecule has 2 fully saturated rings. The lowest BCUT2D eigenvalue weighted by Gasteiger charge is -2.36. The molecule has 0 radical (unpaired) electrons. The Morgan fingerprint density at radius 1 is 1.10 bits per heavy atom. The van der Waals surface area contributed by atoms with E-state index in [1.807, 2.05) is 12.1 Å². The Kier molecular flexibility index (Phi) is 6.98. The van der Waals surface area contributed by atoms with Crippen LogP contribution in [0.2, 0.25) is 5.02 Å². The Hall–Kier alpha value is -2.31. The van der Waals surface area contributed by atoms with E-state index in [9.17, 15) is 4.79 Å². The van der Waals surface area contributed by atoms with Crippen LogP contribution in [0.1, 0.15) is 39.5 Å². The first-order valence-electron chi connectivity index (χ1n) is 11.1. The van der Waals surface area contributed by atoms with Crippen molar-refractivity contribution in [3.8, 4) is 5.88 Å². The maximum atomic E-state index is 12.7. The monoisotopic (exact) mass is 443 g/mol. The number of ether oxygens (including phenoxy) is 2. The molecule has 1 amide bonds. The van der Waals surface area contributed by atoms with Crippen LogP contribution in [0.3, 0.4) is 0 Å². The second-order valence-corrected chi connectivity index (χ2v) is 9.04. The highest BCUT2D eigenvalue weighted by molar-refractivity contribution is 6.30. The number of hydrogen-bond acceptors (Lipinski definition) is 5. The maximum absolute atomic E-state index is 12.7. The topological polar surface area (TPSA) is 63.7 Å². The molecular formula is C24H30ClN3O3. The minimum Gasteiger partial charge on any atom is -0.474 e. The van der Waals surface area contributed by atoms with E-state index in [1.165, 1.54) is 0 Å². The van der Waals surface area contributed by atoms with Crippen molar-refractivity contribution in [3.63, 3.8) is 0 Å². The molecule has 1 N–H and O–H groups in total. The third kappa shape index (κ3) is 5.89. The molecule has 7 heteroatoms. The number of hydrogen-bond donors (Lipinski definition) is 1. The van der Waals surface area contributed by atoms with Crippen LogP contribution in [0.5, 0.6) is 5.88 Å². The Balaban J connectivity index is 1.26. The first-order chi connectivity index (χ1) is 15.0.